The van der Waals surface area contributed by atoms with E-state index in [1.807, 2.05) is 0 Å². The number of alkyl halides is 4. The van der Waals surface area contributed by atoms with E-state index in [9.17, 15) is 28.1 Å². The number of carbonyl (C=O) groups excluding carboxylic acids is 1. The largest absolute Gasteiger partial charge is 0.424 e. The number of nitro groups is 1. The van der Waals surface area contributed by atoms with Crippen LogP contribution in [0.4, 0.5) is 18.9 Å². The Kier molecular flexibility index (Phi) is 4.11. The first-order chi connectivity index (χ1) is 8.73. The molecule has 19 heavy (non-hydrogen) atoms. The molecule has 0 aliphatic rings. The van der Waals surface area contributed by atoms with Crippen molar-refractivity contribution in [3.8, 4) is 6.07 Å². The van der Waals surface area contributed by atoms with Crippen LogP contribution in [0.25, 0.3) is 0 Å². The quantitative estimate of drug-likeness (QED) is 0.371. The van der Waals surface area contributed by atoms with E-state index in [1.54, 1.807) is 0 Å². The van der Waals surface area contributed by atoms with E-state index in [1.165, 1.54) is 6.07 Å². The van der Waals surface area contributed by atoms with Gasteiger partial charge in [-0.1, -0.05) is 0 Å². The second kappa shape index (κ2) is 5.24. The minimum Gasteiger partial charge on any atom is -0.293 e. The molecule has 0 bridgehead atoms. The summed E-state index contributed by atoms with van der Waals surface area (Å²) in [4.78, 5) is 20.6. The monoisotopic (exact) mass is 292 g/mol. The number of Topliss-reactive ketones (excluding diaryl/α,β-unsaturated/α-hetero) is 1. The zero-order valence-electron chi connectivity index (χ0n) is 8.99. The number of halogens is 4. The van der Waals surface area contributed by atoms with Crippen LogP contribution in [-0.4, -0.2) is 16.6 Å². The molecule has 0 aliphatic carbocycles. The fraction of sp³-hybridized carbons (Fsp3) is 0.200. The van der Waals surface area contributed by atoms with Crippen LogP contribution >= 0.6 is 11.6 Å². The second-order valence-corrected chi connectivity index (χ2v) is 3.57. The van der Waals surface area contributed by atoms with E-state index >= 15 is 0 Å². The standard InChI is InChI=1S/C10H4ClF3N2O3/c11-3-8(17)5-1-2-7(16(18)19)9(6(5)4-15)10(12,13)14/h1-2H,3H2. The molecular formula is C10H4ClF3N2O3. The van der Waals surface area contributed by atoms with Gasteiger partial charge in [-0.2, -0.15) is 18.4 Å². The summed E-state index contributed by atoms with van der Waals surface area (Å²) >= 11 is 5.21. The molecule has 1 aromatic carbocycles. The zero-order chi connectivity index (χ0) is 14.8. The van der Waals surface area contributed by atoms with Crippen molar-refractivity contribution in [2.75, 3.05) is 5.88 Å². The van der Waals surface area contributed by atoms with Crippen molar-refractivity contribution < 1.29 is 22.9 Å². The van der Waals surface area contributed by atoms with Gasteiger partial charge in [0.15, 0.2) is 11.3 Å². The van der Waals surface area contributed by atoms with Gasteiger partial charge in [0.1, 0.15) is 6.07 Å². The average Bonchev–Trinajstić information content (AvgIpc) is 2.34. The predicted octanol–water partition coefficient (Wildman–Crippen LogP) is 2.91. The summed E-state index contributed by atoms with van der Waals surface area (Å²) in [5, 5.41) is 19.3. The van der Waals surface area contributed by atoms with Gasteiger partial charge in [0.05, 0.1) is 16.4 Å². The minimum atomic E-state index is -5.13. The van der Waals surface area contributed by atoms with Gasteiger partial charge in [-0.05, 0) is 6.07 Å². The molecule has 0 N–H and O–H groups in total. The summed E-state index contributed by atoms with van der Waals surface area (Å²) in [6.07, 6.45) is -5.13. The first kappa shape index (κ1) is 14.9. The fourth-order valence-electron chi connectivity index (χ4n) is 1.45. The highest BCUT2D eigenvalue weighted by molar-refractivity contribution is 6.30. The summed E-state index contributed by atoms with van der Waals surface area (Å²) < 4.78 is 38.4. The lowest BCUT2D eigenvalue weighted by atomic mass is 9.97. The maximum atomic E-state index is 12.8. The molecule has 0 saturated heterocycles. The van der Waals surface area contributed by atoms with E-state index in [2.05, 4.69) is 0 Å². The molecule has 5 nitrogen and oxygen atoms in total. The third-order valence-corrected chi connectivity index (χ3v) is 2.44. The van der Waals surface area contributed by atoms with E-state index in [0.29, 0.717) is 6.07 Å². The van der Waals surface area contributed by atoms with E-state index < -0.39 is 45.1 Å². The van der Waals surface area contributed by atoms with Gasteiger partial charge in [-0.25, -0.2) is 0 Å². The van der Waals surface area contributed by atoms with Gasteiger partial charge in [0, 0.05) is 11.6 Å². The second-order valence-electron chi connectivity index (χ2n) is 3.31. The number of carbonyl (C=O) groups is 1. The number of benzene rings is 1. The molecule has 0 radical (unpaired) electrons. The molecule has 1 rings (SSSR count). The fourth-order valence-corrected chi connectivity index (χ4v) is 1.60. The zero-order valence-corrected chi connectivity index (χ0v) is 9.75. The predicted molar refractivity (Wildman–Crippen MR) is 57.9 cm³/mol. The van der Waals surface area contributed by atoms with Crippen LogP contribution in [0.15, 0.2) is 12.1 Å². The molecule has 0 atom stereocenters. The van der Waals surface area contributed by atoms with Crippen molar-refractivity contribution in [1.29, 1.82) is 5.26 Å². The Bertz CT molecular complexity index is 593. The lowest BCUT2D eigenvalue weighted by Gasteiger charge is -2.11. The van der Waals surface area contributed by atoms with Gasteiger partial charge < -0.3 is 0 Å². The number of ketones is 1. The highest BCUT2D eigenvalue weighted by Gasteiger charge is 2.42. The topological polar surface area (TPSA) is 84.0 Å². The molecule has 0 saturated carbocycles. The smallest absolute Gasteiger partial charge is 0.293 e. The van der Waals surface area contributed by atoms with Crippen LogP contribution in [0, 0.1) is 21.4 Å². The summed E-state index contributed by atoms with van der Waals surface area (Å²) in [5.74, 6) is -1.55. The molecule has 0 heterocycles. The van der Waals surface area contributed by atoms with Crippen molar-refractivity contribution in [2.24, 2.45) is 0 Å². The molecule has 0 aliphatic heterocycles. The van der Waals surface area contributed by atoms with Crippen LogP contribution in [0.3, 0.4) is 0 Å². The molecule has 9 heteroatoms. The SMILES string of the molecule is N#Cc1c(C(=O)CCl)ccc([N+](=O)[O-])c1C(F)(F)F. The molecule has 0 unspecified atom stereocenters. The van der Waals surface area contributed by atoms with Crippen molar-refractivity contribution >= 4 is 23.1 Å². The molecule has 0 aromatic heterocycles. The lowest BCUT2D eigenvalue weighted by Crippen LogP contribution is -2.15. The number of hydrogen-bond acceptors (Lipinski definition) is 4. The molecule has 0 spiro atoms. The number of nitrogens with zero attached hydrogens (tertiary/aromatic N) is 2. The van der Waals surface area contributed by atoms with Gasteiger partial charge in [0.25, 0.3) is 5.69 Å². The van der Waals surface area contributed by atoms with E-state index in [4.69, 9.17) is 16.9 Å². The molecule has 1 aromatic rings. The first-order valence-corrected chi connectivity index (χ1v) is 5.15. The van der Waals surface area contributed by atoms with Crippen molar-refractivity contribution in [3.63, 3.8) is 0 Å². The minimum absolute atomic E-state index is 0.531. The Balaban J connectivity index is 3.76. The Morgan fingerprint density at radius 3 is 2.42 bits per heavy atom. The summed E-state index contributed by atoms with van der Waals surface area (Å²) in [7, 11) is 0. The van der Waals surface area contributed by atoms with Crippen LogP contribution in [0.1, 0.15) is 21.5 Å². The lowest BCUT2D eigenvalue weighted by molar-refractivity contribution is -0.388. The molecule has 0 amide bonds. The van der Waals surface area contributed by atoms with Gasteiger partial charge in [-0.3, -0.25) is 14.9 Å². The Morgan fingerprint density at radius 2 is 2.05 bits per heavy atom. The van der Waals surface area contributed by atoms with E-state index in [-0.39, 0.29) is 0 Å². The Labute approximate surface area is 109 Å². The number of nitriles is 1. The third-order valence-electron chi connectivity index (χ3n) is 2.20. The van der Waals surface area contributed by atoms with Gasteiger partial charge in [0.2, 0.25) is 0 Å². The maximum Gasteiger partial charge on any atom is 0.424 e. The van der Waals surface area contributed by atoms with Crippen molar-refractivity contribution in [2.45, 2.75) is 6.18 Å². The number of rotatable bonds is 3. The first-order valence-electron chi connectivity index (χ1n) is 4.61. The summed E-state index contributed by atoms with van der Waals surface area (Å²) in [6, 6.07) is 2.50. The maximum absolute atomic E-state index is 12.8. The summed E-state index contributed by atoms with van der Waals surface area (Å²) in [6.45, 7) is 0. The molecule has 100 valence electrons. The van der Waals surface area contributed by atoms with Crippen molar-refractivity contribution in [1.82, 2.24) is 0 Å². The molecule has 0 fully saturated rings. The van der Waals surface area contributed by atoms with Crippen molar-refractivity contribution in [3.05, 3.63) is 38.9 Å². The van der Waals surface area contributed by atoms with Crippen LogP contribution in [0.2, 0.25) is 0 Å². The third kappa shape index (κ3) is 2.82. The highest BCUT2D eigenvalue weighted by Crippen LogP contribution is 2.39. The van der Waals surface area contributed by atoms with Gasteiger partial charge in [-0.15, -0.1) is 11.6 Å². The normalized spacial score (nSPS) is 10.9. The van der Waals surface area contributed by atoms with Crippen LogP contribution < -0.4 is 0 Å². The summed E-state index contributed by atoms with van der Waals surface area (Å²) in [5.41, 5.74) is -4.70. The number of nitro benzene ring substituents is 1. The highest BCUT2D eigenvalue weighted by atomic mass is 35.5. The Morgan fingerprint density at radius 1 is 1.47 bits per heavy atom. The molecular weight excluding hydrogens is 289 g/mol. The average molecular weight is 293 g/mol. The van der Waals surface area contributed by atoms with E-state index in [0.717, 1.165) is 6.07 Å². The number of hydrogen-bond donors (Lipinski definition) is 0. The van der Waals surface area contributed by atoms with Crippen LogP contribution in [-0.2, 0) is 6.18 Å². The Hall–Kier alpha value is -2.14. The van der Waals surface area contributed by atoms with Crippen LogP contribution in [0.5, 0.6) is 0 Å². The van der Waals surface area contributed by atoms with Gasteiger partial charge >= 0.3 is 6.18 Å².